The number of rotatable bonds is 7. The zero-order valence-corrected chi connectivity index (χ0v) is 18.1. The second-order valence-corrected chi connectivity index (χ2v) is 8.43. The molecule has 0 aromatic heterocycles. The second kappa shape index (κ2) is 10.8. The maximum atomic E-state index is 12.7. The van der Waals surface area contributed by atoms with Crippen molar-refractivity contribution in [1.82, 2.24) is 10.2 Å². The zero-order valence-electron chi connectivity index (χ0n) is 17.4. The lowest BCUT2D eigenvalue weighted by Crippen LogP contribution is -3.17. The molecule has 1 aromatic rings. The average molecular weight is 424 g/mol. The van der Waals surface area contributed by atoms with E-state index in [2.05, 4.69) is 23.2 Å². The standard InChI is InChI=1S/C21H32ClN5O2/c1-2-7-23-20(28)16-24-10-14-27(15-11-24)21(29)17-25-8-12-26(13-9-25)19-6-4-3-5-18(19)22/h3-6H,2,7-17H2,1H3,(H,23,28)/p+2. The van der Waals surface area contributed by atoms with E-state index < -0.39 is 0 Å². The quantitative estimate of drug-likeness (QED) is 0.490. The monoisotopic (exact) mass is 423 g/mol. The summed E-state index contributed by atoms with van der Waals surface area (Å²) in [5, 5.41) is 3.72. The van der Waals surface area contributed by atoms with Gasteiger partial charge in [-0.15, -0.1) is 0 Å². The molecule has 0 spiro atoms. The zero-order chi connectivity index (χ0) is 20.6. The van der Waals surface area contributed by atoms with Crippen molar-refractivity contribution in [2.45, 2.75) is 13.3 Å². The summed E-state index contributed by atoms with van der Waals surface area (Å²) in [6.45, 7) is 10.8. The highest BCUT2D eigenvalue weighted by atomic mass is 35.5. The molecule has 0 unspecified atom stereocenters. The Hall–Kier alpha value is -1.83. The van der Waals surface area contributed by atoms with Crippen LogP contribution in [0, 0.1) is 0 Å². The number of quaternary nitrogens is 2. The smallest absolute Gasteiger partial charge is 0.278 e. The average Bonchev–Trinajstić information content (AvgIpc) is 2.74. The fourth-order valence-corrected chi connectivity index (χ4v) is 4.33. The molecule has 3 N–H and O–H groups in total. The van der Waals surface area contributed by atoms with Crippen molar-refractivity contribution in [1.29, 1.82) is 0 Å². The number of para-hydroxylation sites is 1. The summed E-state index contributed by atoms with van der Waals surface area (Å²) >= 11 is 6.31. The fraction of sp³-hybridized carbons (Fsp3) is 0.619. The fourth-order valence-electron chi connectivity index (χ4n) is 4.08. The summed E-state index contributed by atoms with van der Waals surface area (Å²) in [4.78, 5) is 31.5. The molecule has 7 nitrogen and oxygen atoms in total. The van der Waals surface area contributed by atoms with Crippen LogP contribution in [0.2, 0.25) is 5.02 Å². The number of amides is 2. The van der Waals surface area contributed by atoms with Gasteiger partial charge in [-0.1, -0.05) is 30.7 Å². The van der Waals surface area contributed by atoms with E-state index in [0.717, 1.165) is 76.0 Å². The van der Waals surface area contributed by atoms with Gasteiger partial charge in [-0.25, -0.2) is 0 Å². The summed E-state index contributed by atoms with van der Waals surface area (Å²) in [6, 6.07) is 7.95. The summed E-state index contributed by atoms with van der Waals surface area (Å²) < 4.78 is 0. The van der Waals surface area contributed by atoms with Crippen molar-refractivity contribution in [3.8, 4) is 0 Å². The minimum absolute atomic E-state index is 0.113. The van der Waals surface area contributed by atoms with Gasteiger partial charge < -0.3 is 24.9 Å². The lowest BCUT2D eigenvalue weighted by atomic mass is 10.2. The first-order chi connectivity index (χ1) is 14.1. The number of carbonyl (C=O) groups excluding carboxylic acids is 2. The summed E-state index contributed by atoms with van der Waals surface area (Å²) in [5.74, 6) is 0.350. The van der Waals surface area contributed by atoms with Gasteiger partial charge in [0.1, 0.15) is 0 Å². The number of anilines is 1. The Morgan fingerprint density at radius 2 is 1.62 bits per heavy atom. The maximum absolute atomic E-state index is 12.7. The Kier molecular flexibility index (Phi) is 8.15. The molecule has 8 heteroatoms. The van der Waals surface area contributed by atoms with E-state index in [-0.39, 0.29) is 11.8 Å². The Morgan fingerprint density at radius 1 is 1.00 bits per heavy atom. The lowest BCUT2D eigenvalue weighted by Gasteiger charge is -2.36. The normalized spacial score (nSPS) is 18.7. The molecule has 160 valence electrons. The van der Waals surface area contributed by atoms with Gasteiger partial charge in [0.05, 0.1) is 63.1 Å². The predicted molar refractivity (Wildman–Crippen MR) is 115 cm³/mol. The van der Waals surface area contributed by atoms with E-state index in [1.54, 1.807) is 0 Å². The molecule has 2 fully saturated rings. The minimum Gasteiger partial charge on any atom is -0.359 e. The first-order valence-electron chi connectivity index (χ1n) is 10.8. The Bertz CT molecular complexity index is 685. The van der Waals surface area contributed by atoms with E-state index >= 15 is 0 Å². The van der Waals surface area contributed by atoms with Crippen LogP contribution in [0.15, 0.2) is 24.3 Å². The minimum atomic E-state index is 0.113. The molecular weight excluding hydrogens is 390 g/mol. The molecule has 3 rings (SSSR count). The SMILES string of the molecule is CCCNC(=O)C[NH+]1CCN(C(=O)C[NH+]2CCN(c3ccccc3Cl)CC2)CC1. The van der Waals surface area contributed by atoms with Crippen LogP contribution in [0.5, 0.6) is 0 Å². The molecule has 2 saturated heterocycles. The van der Waals surface area contributed by atoms with E-state index in [0.29, 0.717) is 13.1 Å². The number of carbonyl (C=O) groups is 2. The van der Waals surface area contributed by atoms with Crippen LogP contribution in [0.3, 0.4) is 0 Å². The third kappa shape index (κ3) is 6.32. The molecule has 0 atom stereocenters. The molecule has 0 aliphatic carbocycles. The van der Waals surface area contributed by atoms with Crippen molar-refractivity contribution >= 4 is 29.1 Å². The van der Waals surface area contributed by atoms with E-state index in [1.807, 2.05) is 23.1 Å². The van der Waals surface area contributed by atoms with Crippen LogP contribution in [-0.4, -0.2) is 88.7 Å². The maximum Gasteiger partial charge on any atom is 0.278 e. The van der Waals surface area contributed by atoms with Gasteiger partial charge in [0, 0.05) is 6.54 Å². The Morgan fingerprint density at radius 3 is 2.28 bits per heavy atom. The highest BCUT2D eigenvalue weighted by Gasteiger charge is 2.29. The number of nitrogens with zero attached hydrogens (tertiary/aromatic N) is 2. The van der Waals surface area contributed by atoms with Gasteiger partial charge in [-0.05, 0) is 18.6 Å². The van der Waals surface area contributed by atoms with Crippen molar-refractivity contribution in [3.05, 3.63) is 29.3 Å². The molecule has 29 heavy (non-hydrogen) atoms. The summed E-state index contributed by atoms with van der Waals surface area (Å²) in [7, 11) is 0. The molecule has 2 heterocycles. The third-order valence-corrected chi connectivity index (χ3v) is 6.19. The van der Waals surface area contributed by atoms with E-state index in [9.17, 15) is 9.59 Å². The highest BCUT2D eigenvalue weighted by molar-refractivity contribution is 6.33. The Labute approximate surface area is 178 Å². The summed E-state index contributed by atoms with van der Waals surface area (Å²) in [6.07, 6.45) is 0.957. The van der Waals surface area contributed by atoms with E-state index in [4.69, 9.17) is 11.6 Å². The molecule has 2 aliphatic heterocycles. The number of halogens is 1. The number of benzene rings is 1. The van der Waals surface area contributed by atoms with Crippen LogP contribution < -0.4 is 20.0 Å². The molecular formula is C21H34ClN5O2+2. The van der Waals surface area contributed by atoms with Gasteiger partial charge >= 0.3 is 0 Å². The molecule has 2 aliphatic rings. The first-order valence-corrected chi connectivity index (χ1v) is 11.2. The molecule has 1 aromatic carbocycles. The lowest BCUT2D eigenvalue weighted by molar-refractivity contribution is -0.898. The van der Waals surface area contributed by atoms with Gasteiger partial charge in [-0.3, -0.25) is 9.59 Å². The predicted octanol–water partition coefficient (Wildman–Crippen LogP) is -1.70. The largest absolute Gasteiger partial charge is 0.359 e. The van der Waals surface area contributed by atoms with Crippen molar-refractivity contribution in [3.63, 3.8) is 0 Å². The molecule has 2 amide bonds. The van der Waals surface area contributed by atoms with Crippen LogP contribution in [0.4, 0.5) is 5.69 Å². The van der Waals surface area contributed by atoms with Crippen molar-refractivity contribution in [2.75, 3.05) is 76.9 Å². The molecule has 0 radical (unpaired) electrons. The van der Waals surface area contributed by atoms with Crippen LogP contribution in [0.1, 0.15) is 13.3 Å². The van der Waals surface area contributed by atoms with Gasteiger partial charge in [-0.2, -0.15) is 0 Å². The number of hydrogen-bond donors (Lipinski definition) is 3. The van der Waals surface area contributed by atoms with E-state index in [1.165, 1.54) is 9.80 Å². The number of nitrogens with one attached hydrogen (secondary N) is 3. The van der Waals surface area contributed by atoms with Crippen LogP contribution in [-0.2, 0) is 9.59 Å². The number of hydrogen-bond acceptors (Lipinski definition) is 3. The molecule has 0 bridgehead atoms. The van der Waals surface area contributed by atoms with Crippen molar-refractivity contribution in [2.24, 2.45) is 0 Å². The van der Waals surface area contributed by atoms with Gasteiger partial charge in [0.25, 0.3) is 11.8 Å². The summed E-state index contributed by atoms with van der Waals surface area (Å²) in [5.41, 5.74) is 1.08. The molecule has 0 saturated carbocycles. The van der Waals surface area contributed by atoms with Crippen LogP contribution in [0.25, 0.3) is 0 Å². The third-order valence-electron chi connectivity index (χ3n) is 5.87. The number of piperazine rings is 2. The first kappa shape index (κ1) is 21.9. The Balaban J connectivity index is 1.37. The highest BCUT2D eigenvalue weighted by Crippen LogP contribution is 2.24. The van der Waals surface area contributed by atoms with Gasteiger partial charge in [0.2, 0.25) is 0 Å². The topological polar surface area (TPSA) is 61.5 Å². The van der Waals surface area contributed by atoms with Crippen LogP contribution >= 0.6 is 11.6 Å². The van der Waals surface area contributed by atoms with Gasteiger partial charge in [0.15, 0.2) is 13.1 Å². The van der Waals surface area contributed by atoms with Crippen molar-refractivity contribution < 1.29 is 19.4 Å². The second-order valence-electron chi connectivity index (χ2n) is 8.02.